The van der Waals surface area contributed by atoms with Gasteiger partial charge in [0.1, 0.15) is 5.82 Å². The number of carbonyl (C=O) groups is 2. The molecule has 0 saturated carbocycles. The molecule has 0 spiro atoms. The first kappa shape index (κ1) is 19.0. The van der Waals surface area contributed by atoms with Crippen LogP contribution in [-0.4, -0.2) is 59.3 Å². The maximum absolute atomic E-state index is 13.5. The first-order valence-electron chi connectivity index (χ1n) is 9.47. The molecule has 4 rings (SSSR count). The van der Waals surface area contributed by atoms with Crippen LogP contribution in [0.4, 0.5) is 10.1 Å². The molecule has 8 heteroatoms. The van der Waals surface area contributed by atoms with Gasteiger partial charge < -0.3 is 9.80 Å². The van der Waals surface area contributed by atoms with Crippen LogP contribution >= 0.6 is 11.3 Å². The number of carbonyl (C=O) groups excluding carboxylic acids is 2. The van der Waals surface area contributed by atoms with E-state index in [4.69, 9.17) is 0 Å². The lowest BCUT2D eigenvalue weighted by molar-refractivity contribution is -0.137. The number of nitrogens with zero attached hydrogens (tertiary/aromatic N) is 4. The van der Waals surface area contributed by atoms with Crippen molar-refractivity contribution in [2.45, 2.75) is 19.9 Å². The van der Waals surface area contributed by atoms with Gasteiger partial charge in [0.05, 0.1) is 16.6 Å². The van der Waals surface area contributed by atoms with Gasteiger partial charge in [-0.15, -0.1) is 11.3 Å². The van der Waals surface area contributed by atoms with E-state index in [9.17, 15) is 14.0 Å². The van der Waals surface area contributed by atoms with Gasteiger partial charge in [-0.2, -0.15) is 0 Å². The predicted molar refractivity (Wildman–Crippen MR) is 106 cm³/mol. The molecule has 2 aromatic rings. The zero-order valence-corrected chi connectivity index (χ0v) is 16.6. The topological polar surface area (TPSA) is 56.8 Å². The summed E-state index contributed by atoms with van der Waals surface area (Å²) in [5, 5.41) is 3.15. The molecule has 3 heterocycles. The van der Waals surface area contributed by atoms with E-state index in [1.165, 1.54) is 17.0 Å². The number of piperazine rings is 1. The molecule has 1 aromatic heterocycles. The minimum atomic E-state index is -0.383. The van der Waals surface area contributed by atoms with E-state index < -0.39 is 0 Å². The molecule has 148 valence electrons. The maximum Gasteiger partial charge on any atom is 0.228 e. The Labute approximate surface area is 167 Å². The van der Waals surface area contributed by atoms with Gasteiger partial charge in [0.2, 0.25) is 11.8 Å². The molecule has 0 radical (unpaired) electrons. The van der Waals surface area contributed by atoms with Crippen molar-refractivity contribution in [3.05, 3.63) is 46.2 Å². The van der Waals surface area contributed by atoms with E-state index in [0.29, 0.717) is 25.3 Å². The van der Waals surface area contributed by atoms with Crippen LogP contribution in [0.25, 0.3) is 0 Å². The fourth-order valence-electron chi connectivity index (χ4n) is 3.86. The maximum atomic E-state index is 13.5. The fraction of sp³-hybridized carbons (Fsp3) is 0.450. The average Bonchev–Trinajstić information content (AvgIpc) is 3.27. The van der Waals surface area contributed by atoms with E-state index in [1.807, 2.05) is 11.8 Å². The number of aromatic nitrogens is 1. The number of amides is 2. The average molecular weight is 402 g/mol. The molecule has 28 heavy (non-hydrogen) atoms. The summed E-state index contributed by atoms with van der Waals surface area (Å²) in [6, 6.07) is 5.96. The SMILES string of the molecule is Cc1nc(CN2CCN(C(=O)C3CC(=O)N(c4cccc(F)c4)C3)CC2)cs1. The number of aryl methyl sites for hydroxylation is 1. The molecule has 2 aliphatic heterocycles. The minimum Gasteiger partial charge on any atom is -0.340 e. The molecule has 1 aromatic carbocycles. The first-order valence-corrected chi connectivity index (χ1v) is 10.4. The van der Waals surface area contributed by atoms with Crippen LogP contribution in [0.5, 0.6) is 0 Å². The minimum absolute atomic E-state index is 0.0244. The third-order valence-corrected chi connectivity index (χ3v) is 6.15. The van der Waals surface area contributed by atoms with Crippen LogP contribution in [0.2, 0.25) is 0 Å². The summed E-state index contributed by atoms with van der Waals surface area (Å²) < 4.78 is 13.5. The molecule has 0 N–H and O–H groups in total. The van der Waals surface area contributed by atoms with Crippen LogP contribution in [-0.2, 0) is 16.1 Å². The van der Waals surface area contributed by atoms with Crippen LogP contribution in [0.1, 0.15) is 17.1 Å². The second-order valence-corrected chi connectivity index (χ2v) is 8.41. The molecule has 0 aliphatic carbocycles. The summed E-state index contributed by atoms with van der Waals surface area (Å²) in [4.78, 5) is 35.4. The summed E-state index contributed by atoms with van der Waals surface area (Å²) in [7, 11) is 0. The molecular formula is C20H23FN4O2S. The summed E-state index contributed by atoms with van der Waals surface area (Å²) >= 11 is 1.65. The number of anilines is 1. The van der Waals surface area contributed by atoms with E-state index in [0.717, 1.165) is 30.3 Å². The Morgan fingerprint density at radius 2 is 2.07 bits per heavy atom. The summed E-state index contributed by atoms with van der Waals surface area (Å²) in [5.74, 6) is -0.840. The van der Waals surface area contributed by atoms with Crippen molar-refractivity contribution in [2.75, 3.05) is 37.6 Å². The monoisotopic (exact) mass is 402 g/mol. The van der Waals surface area contributed by atoms with Crippen molar-refractivity contribution in [1.82, 2.24) is 14.8 Å². The van der Waals surface area contributed by atoms with Crippen molar-refractivity contribution in [3.63, 3.8) is 0 Å². The number of benzene rings is 1. The van der Waals surface area contributed by atoms with Crippen LogP contribution in [0.3, 0.4) is 0 Å². The summed E-state index contributed by atoms with van der Waals surface area (Å²) in [5.41, 5.74) is 1.60. The molecule has 2 fully saturated rings. The molecule has 0 bridgehead atoms. The van der Waals surface area contributed by atoms with E-state index in [1.54, 1.807) is 23.5 Å². The lowest BCUT2D eigenvalue weighted by Crippen LogP contribution is -2.50. The first-order chi connectivity index (χ1) is 13.5. The van der Waals surface area contributed by atoms with Crippen molar-refractivity contribution in [3.8, 4) is 0 Å². The van der Waals surface area contributed by atoms with Gasteiger partial charge in [0.25, 0.3) is 0 Å². The highest BCUT2D eigenvalue weighted by molar-refractivity contribution is 7.09. The zero-order valence-electron chi connectivity index (χ0n) is 15.8. The fourth-order valence-corrected chi connectivity index (χ4v) is 4.46. The third kappa shape index (κ3) is 4.07. The van der Waals surface area contributed by atoms with Crippen molar-refractivity contribution in [1.29, 1.82) is 0 Å². The van der Waals surface area contributed by atoms with Gasteiger partial charge >= 0.3 is 0 Å². The standard InChI is InChI=1S/C20H23FN4O2S/c1-14-22-17(13-28-14)12-23-5-7-24(8-6-23)20(27)15-9-19(26)25(11-15)18-4-2-3-16(21)10-18/h2-4,10,13,15H,5-9,11-12H2,1H3. The van der Waals surface area contributed by atoms with Crippen molar-refractivity contribution in [2.24, 2.45) is 5.92 Å². The van der Waals surface area contributed by atoms with E-state index >= 15 is 0 Å². The number of hydrogen-bond acceptors (Lipinski definition) is 5. The van der Waals surface area contributed by atoms with Crippen LogP contribution < -0.4 is 4.90 Å². The summed E-state index contributed by atoms with van der Waals surface area (Å²) in [6.07, 6.45) is 0.188. The normalized spacial score (nSPS) is 20.8. The molecule has 1 atom stereocenters. The lowest BCUT2D eigenvalue weighted by Gasteiger charge is -2.35. The van der Waals surface area contributed by atoms with E-state index in [-0.39, 0.29) is 30.0 Å². The van der Waals surface area contributed by atoms with Gasteiger partial charge in [-0.3, -0.25) is 14.5 Å². The second kappa shape index (κ2) is 7.97. The van der Waals surface area contributed by atoms with Gasteiger partial charge in [-0.1, -0.05) is 6.07 Å². The molecular weight excluding hydrogens is 379 g/mol. The number of halogens is 1. The van der Waals surface area contributed by atoms with Crippen LogP contribution in [0.15, 0.2) is 29.6 Å². The lowest BCUT2D eigenvalue weighted by atomic mass is 10.1. The Kier molecular flexibility index (Phi) is 5.41. The van der Waals surface area contributed by atoms with Gasteiger partial charge in [-0.05, 0) is 25.1 Å². The second-order valence-electron chi connectivity index (χ2n) is 7.34. The Morgan fingerprint density at radius 3 is 2.75 bits per heavy atom. The highest BCUT2D eigenvalue weighted by atomic mass is 32.1. The Morgan fingerprint density at radius 1 is 1.29 bits per heavy atom. The largest absolute Gasteiger partial charge is 0.340 e. The molecule has 2 amide bonds. The van der Waals surface area contributed by atoms with E-state index in [2.05, 4.69) is 15.3 Å². The van der Waals surface area contributed by atoms with Crippen molar-refractivity contribution >= 4 is 28.8 Å². The van der Waals surface area contributed by atoms with Gasteiger partial charge in [0, 0.05) is 56.8 Å². The Hall–Kier alpha value is -2.32. The van der Waals surface area contributed by atoms with Crippen LogP contribution in [0, 0.1) is 18.7 Å². The third-order valence-electron chi connectivity index (χ3n) is 5.33. The number of thiazole rings is 1. The molecule has 2 aliphatic rings. The quantitative estimate of drug-likeness (QED) is 0.788. The van der Waals surface area contributed by atoms with Gasteiger partial charge in [-0.25, -0.2) is 9.37 Å². The Balaban J connectivity index is 1.32. The smallest absolute Gasteiger partial charge is 0.228 e. The predicted octanol–water partition coefficient (Wildman–Crippen LogP) is 2.29. The molecule has 2 saturated heterocycles. The number of rotatable bonds is 4. The highest BCUT2D eigenvalue weighted by Crippen LogP contribution is 2.27. The van der Waals surface area contributed by atoms with Gasteiger partial charge in [0.15, 0.2) is 0 Å². The Bertz CT molecular complexity index is 879. The zero-order chi connectivity index (χ0) is 19.7. The molecule has 1 unspecified atom stereocenters. The highest BCUT2D eigenvalue weighted by Gasteiger charge is 2.38. The van der Waals surface area contributed by atoms with Crippen molar-refractivity contribution < 1.29 is 14.0 Å². The molecule has 6 nitrogen and oxygen atoms in total. The summed E-state index contributed by atoms with van der Waals surface area (Å²) in [6.45, 7) is 6.05. The number of hydrogen-bond donors (Lipinski definition) is 0.